The van der Waals surface area contributed by atoms with Gasteiger partial charge in [-0.15, -0.1) is 0 Å². The minimum Gasteiger partial charge on any atom is -0.395 e. The molecule has 0 radical (unpaired) electrons. The predicted octanol–water partition coefficient (Wildman–Crippen LogP) is -0.328. The van der Waals surface area contributed by atoms with Crippen LogP contribution < -0.4 is 10.6 Å². The third-order valence-corrected chi connectivity index (χ3v) is 4.93. The second kappa shape index (κ2) is 8.55. The molecule has 0 saturated carbocycles. The number of imide groups is 2. The van der Waals surface area contributed by atoms with Gasteiger partial charge in [-0.05, 0) is 6.42 Å². The first-order chi connectivity index (χ1) is 11.5. The Morgan fingerprint density at radius 2 is 1.62 bits per heavy atom. The zero-order valence-electron chi connectivity index (χ0n) is 14.3. The number of amides is 4. The van der Waals surface area contributed by atoms with Crippen molar-refractivity contribution in [1.82, 2.24) is 20.4 Å². The number of nitrogens with zero attached hydrogens (tertiary/aromatic N) is 2. The number of aliphatic hydroxyl groups is 1. The summed E-state index contributed by atoms with van der Waals surface area (Å²) in [6.45, 7) is 5.28. The van der Waals surface area contributed by atoms with E-state index in [9.17, 15) is 14.4 Å². The van der Waals surface area contributed by atoms with E-state index >= 15 is 0 Å². The van der Waals surface area contributed by atoms with Gasteiger partial charge in [0.25, 0.3) is 11.8 Å². The van der Waals surface area contributed by atoms with E-state index in [1.165, 1.54) is 0 Å². The third kappa shape index (κ3) is 3.93. The third-order valence-electron chi connectivity index (χ3n) is 4.93. The highest BCUT2D eigenvalue weighted by Gasteiger charge is 2.54. The summed E-state index contributed by atoms with van der Waals surface area (Å²) in [5.74, 6) is -1.02. The average Bonchev–Trinajstić information content (AvgIpc) is 2.55. The number of aliphatic hydroxyl groups excluding tert-OH is 1. The number of barbiturate groups is 1. The van der Waals surface area contributed by atoms with Gasteiger partial charge in [-0.25, -0.2) is 4.79 Å². The van der Waals surface area contributed by atoms with E-state index in [4.69, 9.17) is 5.11 Å². The summed E-state index contributed by atoms with van der Waals surface area (Å²) in [6.07, 6.45) is 4.27. The van der Waals surface area contributed by atoms with Crippen LogP contribution in [0.2, 0.25) is 0 Å². The van der Waals surface area contributed by atoms with E-state index in [2.05, 4.69) is 22.5 Å². The van der Waals surface area contributed by atoms with Crippen molar-refractivity contribution in [2.45, 2.75) is 44.6 Å². The first-order valence-electron chi connectivity index (χ1n) is 8.79. The molecule has 2 saturated heterocycles. The van der Waals surface area contributed by atoms with E-state index in [1.807, 2.05) is 4.90 Å². The Kier molecular flexibility index (Phi) is 6.70. The molecule has 8 nitrogen and oxygen atoms in total. The summed E-state index contributed by atoms with van der Waals surface area (Å²) in [6, 6.07) is -0.743. The first kappa shape index (κ1) is 18.8. The van der Waals surface area contributed by atoms with Crippen LogP contribution in [0.3, 0.4) is 0 Å². The van der Waals surface area contributed by atoms with Crippen molar-refractivity contribution < 1.29 is 19.5 Å². The van der Waals surface area contributed by atoms with Crippen LogP contribution in [0.15, 0.2) is 0 Å². The number of nitrogens with one attached hydrogen (secondary N) is 2. The molecule has 2 rings (SSSR count). The van der Waals surface area contributed by atoms with Crippen LogP contribution in [0, 0.1) is 0 Å². The number of hydrogen-bond acceptors (Lipinski definition) is 6. The van der Waals surface area contributed by atoms with Crippen LogP contribution in [0.4, 0.5) is 4.79 Å². The highest BCUT2D eigenvalue weighted by atomic mass is 16.3. The maximum Gasteiger partial charge on any atom is 0.328 e. The number of urea groups is 1. The molecule has 2 aliphatic rings. The first-order valence-corrected chi connectivity index (χ1v) is 8.79. The predicted molar refractivity (Wildman–Crippen MR) is 88.3 cm³/mol. The Bertz CT molecular complexity index is 455. The minimum absolute atomic E-state index is 0.0949. The maximum atomic E-state index is 12.6. The van der Waals surface area contributed by atoms with Gasteiger partial charge < -0.3 is 5.11 Å². The van der Waals surface area contributed by atoms with Crippen LogP contribution in [-0.2, 0) is 9.59 Å². The van der Waals surface area contributed by atoms with Gasteiger partial charge in [0.1, 0.15) is 0 Å². The minimum atomic E-state index is -1.30. The van der Waals surface area contributed by atoms with Crippen molar-refractivity contribution in [2.24, 2.45) is 0 Å². The molecule has 0 atom stereocenters. The molecular formula is C16H28N4O4. The Morgan fingerprint density at radius 1 is 1.00 bits per heavy atom. The van der Waals surface area contributed by atoms with Crippen molar-refractivity contribution in [2.75, 3.05) is 39.3 Å². The van der Waals surface area contributed by atoms with Gasteiger partial charge in [0.05, 0.1) is 6.61 Å². The van der Waals surface area contributed by atoms with Gasteiger partial charge in [-0.3, -0.25) is 30.0 Å². The average molecular weight is 340 g/mol. The molecule has 3 N–H and O–H groups in total. The smallest absolute Gasteiger partial charge is 0.328 e. The van der Waals surface area contributed by atoms with Gasteiger partial charge in [-0.1, -0.05) is 32.6 Å². The Balaban J connectivity index is 2.12. The molecule has 0 aromatic carbocycles. The second-order valence-electron chi connectivity index (χ2n) is 6.46. The molecule has 0 unspecified atom stereocenters. The Hall–Kier alpha value is -1.51. The molecule has 2 aliphatic heterocycles. The number of β-amino-alcohol motifs (C(OH)–C–C–N with tert-alkyl or cyclic N) is 1. The van der Waals surface area contributed by atoms with E-state index in [-0.39, 0.29) is 6.61 Å². The van der Waals surface area contributed by atoms with Gasteiger partial charge in [0, 0.05) is 32.7 Å². The fourth-order valence-electron chi connectivity index (χ4n) is 3.52. The molecule has 2 fully saturated rings. The van der Waals surface area contributed by atoms with E-state index < -0.39 is 23.4 Å². The lowest BCUT2D eigenvalue weighted by atomic mass is 9.86. The summed E-state index contributed by atoms with van der Waals surface area (Å²) in [5.41, 5.74) is -1.30. The van der Waals surface area contributed by atoms with Crippen molar-refractivity contribution in [3.05, 3.63) is 0 Å². The molecule has 4 amide bonds. The Morgan fingerprint density at radius 3 is 2.17 bits per heavy atom. The normalized spacial score (nSPS) is 22.3. The molecule has 2 heterocycles. The maximum absolute atomic E-state index is 12.6. The summed E-state index contributed by atoms with van der Waals surface area (Å²) in [5, 5.41) is 13.6. The summed E-state index contributed by atoms with van der Waals surface area (Å²) < 4.78 is 0. The zero-order valence-corrected chi connectivity index (χ0v) is 14.3. The molecular weight excluding hydrogens is 312 g/mol. The Labute approximate surface area is 142 Å². The summed E-state index contributed by atoms with van der Waals surface area (Å²) in [7, 11) is 0. The molecule has 0 aromatic heterocycles. The van der Waals surface area contributed by atoms with E-state index in [0.717, 1.165) is 25.7 Å². The second-order valence-corrected chi connectivity index (χ2v) is 6.46. The fraction of sp³-hybridized carbons (Fsp3) is 0.812. The molecule has 136 valence electrons. The number of rotatable bonds is 8. The topological polar surface area (TPSA) is 102 Å². The van der Waals surface area contributed by atoms with Crippen molar-refractivity contribution in [1.29, 1.82) is 0 Å². The van der Waals surface area contributed by atoms with Crippen molar-refractivity contribution in [3.63, 3.8) is 0 Å². The summed E-state index contributed by atoms with van der Waals surface area (Å²) >= 11 is 0. The monoisotopic (exact) mass is 340 g/mol. The molecule has 0 bridgehead atoms. The lowest BCUT2D eigenvalue weighted by Crippen LogP contribution is -2.74. The molecule has 0 aromatic rings. The lowest BCUT2D eigenvalue weighted by molar-refractivity contribution is -0.150. The standard InChI is InChI=1S/C16H28N4O4/c1-2-3-4-5-6-16(13(22)17-15(24)18-14(16)23)20-9-7-19(8-10-20)11-12-21/h21H,2-12H2,1H3,(H2,17,18,22,23,24). The SMILES string of the molecule is CCCCCCC1(N2CCN(CCO)CC2)C(=O)NC(=O)NC1=O. The summed E-state index contributed by atoms with van der Waals surface area (Å²) in [4.78, 5) is 40.7. The quantitative estimate of drug-likeness (QED) is 0.413. The van der Waals surface area contributed by atoms with E-state index in [0.29, 0.717) is 39.1 Å². The van der Waals surface area contributed by atoms with Gasteiger partial charge >= 0.3 is 6.03 Å². The highest BCUT2D eigenvalue weighted by molar-refractivity contribution is 6.22. The highest BCUT2D eigenvalue weighted by Crippen LogP contribution is 2.27. The zero-order chi connectivity index (χ0) is 17.6. The largest absolute Gasteiger partial charge is 0.395 e. The number of hydrogen-bond donors (Lipinski definition) is 3. The fourth-order valence-corrected chi connectivity index (χ4v) is 3.52. The van der Waals surface area contributed by atoms with Gasteiger partial charge in [0.2, 0.25) is 0 Å². The van der Waals surface area contributed by atoms with Crippen molar-refractivity contribution >= 4 is 17.8 Å². The molecule has 24 heavy (non-hydrogen) atoms. The lowest BCUT2D eigenvalue weighted by Gasteiger charge is -2.46. The molecule has 8 heteroatoms. The number of carbonyl (C=O) groups is 3. The van der Waals surface area contributed by atoms with Gasteiger partial charge in [0.15, 0.2) is 5.54 Å². The van der Waals surface area contributed by atoms with Crippen LogP contribution in [0.5, 0.6) is 0 Å². The van der Waals surface area contributed by atoms with Crippen LogP contribution >= 0.6 is 0 Å². The number of carbonyl (C=O) groups excluding carboxylic acids is 3. The number of piperazine rings is 1. The van der Waals surface area contributed by atoms with E-state index in [1.54, 1.807) is 0 Å². The molecule has 0 aliphatic carbocycles. The number of unbranched alkanes of at least 4 members (excludes halogenated alkanes) is 3. The molecule has 0 spiro atoms. The van der Waals surface area contributed by atoms with Gasteiger partial charge in [-0.2, -0.15) is 0 Å². The van der Waals surface area contributed by atoms with Crippen molar-refractivity contribution in [3.8, 4) is 0 Å². The van der Waals surface area contributed by atoms with Crippen LogP contribution in [0.1, 0.15) is 39.0 Å². The van der Waals surface area contributed by atoms with Crippen LogP contribution in [0.25, 0.3) is 0 Å². The van der Waals surface area contributed by atoms with Crippen LogP contribution in [-0.4, -0.2) is 77.6 Å².